The largest absolute Gasteiger partial charge is 0.466 e. The standard InChI is InChI=1S/C23H24N2O4S/c1-2-29-23(26)17-9-8-14-25(16-17)22-19-12-6-7-13-20(19)24-15-21(22)30(27,28)18-10-4-3-5-11-18/h3-7,10-13,15,17H,2,8-9,14,16H2,1H3/t17-/m0/s1. The van der Waals surface area contributed by atoms with Gasteiger partial charge in [-0.1, -0.05) is 36.4 Å². The minimum absolute atomic E-state index is 0.164. The van der Waals surface area contributed by atoms with Crippen LogP contribution in [0.1, 0.15) is 19.8 Å². The smallest absolute Gasteiger partial charge is 0.310 e. The molecule has 1 aliphatic heterocycles. The molecule has 1 aliphatic rings. The molecular formula is C23H24N2O4S. The Morgan fingerprint density at radius 1 is 1.13 bits per heavy atom. The summed E-state index contributed by atoms with van der Waals surface area (Å²) in [5.74, 6) is -0.508. The zero-order valence-electron chi connectivity index (χ0n) is 16.8. The first-order valence-corrected chi connectivity index (χ1v) is 11.6. The van der Waals surface area contributed by atoms with E-state index in [2.05, 4.69) is 4.98 Å². The maximum absolute atomic E-state index is 13.5. The van der Waals surface area contributed by atoms with Gasteiger partial charge in [0.25, 0.3) is 0 Å². The first-order valence-electron chi connectivity index (χ1n) is 10.1. The summed E-state index contributed by atoms with van der Waals surface area (Å²) in [6, 6.07) is 15.9. The third-order valence-corrected chi connectivity index (χ3v) is 7.18. The number of esters is 1. The number of hydrogen-bond acceptors (Lipinski definition) is 6. The predicted molar refractivity (Wildman–Crippen MR) is 115 cm³/mol. The molecule has 0 radical (unpaired) electrons. The Morgan fingerprint density at radius 3 is 2.63 bits per heavy atom. The van der Waals surface area contributed by atoms with Gasteiger partial charge in [0.2, 0.25) is 9.84 Å². The van der Waals surface area contributed by atoms with Crippen molar-refractivity contribution < 1.29 is 17.9 Å². The van der Waals surface area contributed by atoms with Gasteiger partial charge in [-0.05, 0) is 38.0 Å². The predicted octanol–water partition coefficient (Wildman–Crippen LogP) is 3.85. The van der Waals surface area contributed by atoms with Crippen molar-refractivity contribution in [1.29, 1.82) is 0 Å². The highest BCUT2D eigenvalue weighted by Gasteiger charge is 2.32. The topological polar surface area (TPSA) is 76.6 Å². The second kappa shape index (κ2) is 8.44. The summed E-state index contributed by atoms with van der Waals surface area (Å²) in [6.07, 6.45) is 2.96. The first kappa shape index (κ1) is 20.3. The molecular weight excluding hydrogens is 400 g/mol. The molecule has 7 heteroatoms. The van der Waals surface area contributed by atoms with E-state index in [9.17, 15) is 13.2 Å². The van der Waals surface area contributed by atoms with Crippen LogP contribution in [0.2, 0.25) is 0 Å². The van der Waals surface area contributed by atoms with Gasteiger partial charge in [-0.25, -0.2) is 8.42 Å². The summed E-state index contributed by atoms with van der Waals surface area (Å²) in [5, 5.41) is 0.763. The van der Waals surface area contributed by atoms with E-state index in [0.717, 1.165) is 23.7 Å². The summed E-state index contributed by atoms with van der Waals surface area (Å²) in [4.78, 5) is 19.2. The van der Waals surface area contributed by atoms with Gasteiger partial charge in [-0.3, -0.25) is 9.78 Å². The van der Waals surface area contributed by atoms with Gasteiger partial charge >= 0.3 is 5.97 Å². The van der Waals surface area contributed by atoms with E-state index in [4.69, 9.17) is 4.74 Å². The van der Waals surface area contributed by atoms with Crippen molar-refractivity contribution in [2.24, 2.45) is 5.92 Å². The molecule has 0 unspecified atom stereocenters. The highest BCUT2D eigenvalue weighted by Crippen LogP contribution is 2.37. The van der Waals surface area contributed by atoms with Crippen LogP contribution in [0.4, 0.5) is 5.69 Å². The molecule has 1 atom stereocenters. The number of piperidine rings is 1. The van der Waals surface area contributed by atoms with Crippen LogP contribution < -0.4 is 4.90 Å². The number of nitrogens with zero attached hydrogens (tertiary/aromatic N) is 2. The van der Waals surface area contributed by atoms with Crippen LogP contribution in [-0.4, -0.2) is 39.1 Å². The summed E-state index contributed by atoms with van der Waals surface area (Å²) >= 11 is 0. The molecule has 0 spiro atoms. The Kier molecular flexibility index (Phi) is 5.72. The quantitative estimate of drug-likeness (QED) is 0.579. The number of hydrogen-bond donors (Lipinski definition) is 0. The van der Waals surface area contributed by atoms with Crippen LogP contribution in [0.25, 0.3) is 10.9 Å². The molecule has 6 nitrogen and oxygen atoms in total. The fourth-order valence-electron chi connectivity index (χ4n) is 3.99. The van der Waals surface area contributed by atoms with Crippen molar-refractivity contribution in [3.05, 3.63) is 60.8 Å². The molecule has 1 aromatic heterocycles. The minimum Gasteiger partial charge on any atom is -0.466 e. The van der Waals surface area contributed by atoms with Crippen molar-refractivity contribution in [3.63, 3.8) is 0 Å². The van der Waals surface area contributed by atoms with Crippen LogP contribution >= 0.6 is 0 Å². The van der Waals surface area contributed by atoms with Gasteiger partial charge in [0.1, 0.15) is 4.90 Å². The first-order chi connectivity index (χ1) is 14.5. The normalized spacial score (nSPS) is 17.1. The van der Waals surface area contributed by atoms with Crippen LogP contribution in [0.5, 0.6) is 0 Å². The van der Waals surface area contributed by atoms with Gasteiger partial charge in [-0.15, -0.1) is 0 Å². The van der Waals surface area contributed by atoms with Crippen molar-refractivity contribution in [3.8, 4) is 0 Å². The van der Waals surface area contributed by atoms with Gasteiger partial charge < -0.3 is 9.64 Å². The number of carbonyl (C=O) groups is 1. The van der Waals surface area contributed by atoms with E-state index in [-0.39, 0.29) is 21.7 Å². The molecule has 156 valence electrons. The minimum atomic E-state index is -3.78. The summed E-state index contributed by atoms with van der Waals surface area (Å²) in [7, 11) is -3.78. The molecule has 0 bridgehead atoms. The van der Waals surface area contributed by atoms with Crippen LogP contribution in [-0.2, 0) is 19.4 Å². The van der Waals surface area contributed by atoms with Gasteiger partial charge in [-0.2, -0.15) is 0 Å². The Hall–Kier alpha value is -2.93. The molecule has 1 saturated heterocycles. The Labute approximate surface area is 176 Å². The third-order valence-electron chi connectivity index (χ3n) is 5.41. The number of sulfone groups is 1. The van der Waals surface area contributed by atoms with E-state index in [1.165, 1.54) is 6.20 Å². The van der Waals surface area contributed by atoms with Crippen molar-refractivity contribution in [2.45, 2.75) is 29.6 Å². The van der Waals surface area contributed by atoms with E-state index in [0.29, 0.717) is 25.4 Å². The zero-order chi connectivity index (χ0) is 21.1. The number of aromatic nitrogens is 1. The van der Waals surface area contributed by atoms with Crippen LogP contribution in [0, 0.1) is 5.92 Å². The fourth-order valence-corrected chi connectivity index (χ4v) is 5.45. The molecule has 0 amide bonds. The van der Waals surface area contributed by atoms with E-state index in [1.807, 2.05) is 29.2 Å². The maximum Gasteiger partial charge on any atom is 0.310 e. The average molecular weight is 425 g/mol. The summed E-state index contributed by atoms with van der Waals surface area (Å²) in [6.45, 7) is 3.21. The summed E-state index contributed by atoms with van der Waals surface area (Å²) < 4.78 is 32.2. The number of ether oxygens (including phenoxy) is 1. The Morgan fingerprint density at radius 2 is 1.87 bits per heavy atom. The number of carbonyl (C=O) groups excluding carboxylic acids is 1. The number of rotatable bonds is 5. The average Bonchev–Trinajstić information content (AvgIpc) is 2.79. The van der Waals surface area contributed by atoms with Gasteiger partial charge in [0.15, 0.2) is 0 Å². The maximum atomic E-state index is 13.5. The molecule has 1 fully saturated rings. The third kappa shape index (κ3) is 3.77. The monoisotopic (exact) mass is 424 g/mol. The molecule has 2 aromatic carbocycles. The molecule has 2 heterocycles. The number of benzene rings is 2. The fraction of sp³-hybridized carbons (Fsp3) is 0.304. The highest BCUT2D eigenvalue weighted by molar-refractivity contribution is 7.91. The second-order valence-electron chi connectivity index (χ2n) is 7.34. The van der Waals surface area contributed by atoms with Crippen LogP contribution in [0.15, 0.2) is 70.6 Å². The second-order valence-corrected chi connectivity index (χ2v) is 9.26. The molecule has 0 N–H and O–H groups in total. The molecule has 0 aliphatic carbocycles. The summed E-state index contributed by atoms with van der Waals surface area (Å²) in [5.41, 5.74) is 1.33. The van der Waals surface area contributed by atoms with Crippen molar-refractivity contribution >= 4 is 32.4 Å². The zero-order valence-corrected chi connectivity index (χ0v) is 17.6. The Balaban J connectivity index is 1.86. The van der Waals surface area contributed by atoms with Gasteiger partial charge in [0.05, 0.1) is 28.6 Å². The molecule has 0 saturated carbocycles. The number of pyridine rings is 1. The molecule has 3 aromatic rings. The lowest BCUT2D eigenvalue weighted by Gasteiger charge is -2.35. The lowest BCUT2D eigenvalue weighted by atomic mass is 9.97. The number of anilines is 1. The van der Waals surface area contributed by atoms with Crippen LogP contribution in [0.3, 0.4) is 0 Å². The van der Waals surface area contributed by atoms with E-state index < -0.39 is 9.84 Å². The van der Waals surface area contributed by atoms with Crippen molar-refractivity contribution in [2.75, 3.05) is 24.6 Å². The van der Waals surface area contributed by atoms with Crippen molar-refractivity contribution in [1.82, 2.24) is 4.98 Å². The lowest BCUT2D eigenvalue weighted by molar-refractivity contribution is -0.148. The molecule has 30 heavy (non-hydrogen) atoms. The number of fused-ring (bicyclic) bond motifs is 1. The SMILES string of the molecule is CCOC(=O)[C@H]1CCCN(c2c(S(=O)(=O)c3ccccc3)cnc3ccccc23)C1. The highest BCUT2D eigenvalue weighted by atomic mass is 32.2. The Bertz CT molecular complexity index is 1160. The van der Waals surface area contributed by atoms with Gasteiger partial charge in [0, 0.05) is 24.7 Å². The lowest BCUT2D eigenvalue weighted by Crippen LogP contribution is -2.40. The molecule has 4 rings (SSSR count). The van der Waals surface area contributed by atoms with E-state index in [1.54, 1.807) is 37.3 Å². The van der Waals surface area contributed by atoms with E-state index >= 15 is 0 Å². The number of para-hydroxylation sites is 1.